The maximum atomic E-state index is 11.9. The Balaban J connectivity index is 1.77. The van der Waals surface area contributed by atoms with E-state index in [1.807, 2.05) is 43.0 Å². The summed E-state index contributed by atoms with van der Waals surface area (Å²) in [5, 5.41) is 9.16. The highest BCUT2D eigenvalue weighted by molar-refractivity contribution is 7.12. The number of ketones is 1. The number of nitrogens with zero attached hydrogens (tertiary/aromatic N) is 2. The maximum Gasteiger partial charge on any atom is 0.220 e. The van der Waals surface area contributed by atoms with Gasteiger partial charge in [-0.05, 0) is 38.3 Å². The topological polar surface area (TPSA) is 64.0 Å². The summed E-state index contributed by atoms with van der Waals surface area (Å²) in [7, 11) is 0. The first kappa shape index (κ1) is 16.4. The summed E-state index contributed by atoms with van der Waals surface area (Å²) in [6.45, 7) is 6.51. The summed E-state index contributed by atoms with van der Waals surface area (Å²) in [5.74, 6) is -0.0738. The van der Waals surface area contributed by atoms with Crippen LogP contribution in [0.2, 0.25) is 0 Å². The molecule has 118 valence electrons. The van der Waals surface area contributed by atoms with E-state index in [2.05, 4.69) is 10.4 Å². The molecule has 0 aromatic carbocycles. The van der Waals surface area contributed by atoms with Gasteiger partial charge in [0.25, 0.3) is 0 Å². The third-order valence-corrected chi connectivity index (χ3v) is 4.24. The number of carbonyl (C=O) groups excluding carboxylic acids is 2. The largest absolute Gasteiger partial charge is 0.352 e. The van der Waals surface area contributed by atoms with Gasteiger partial charge in [0.2, 0.25) is 5.91 Å². The van der Waals surface area contributed by atoms with Crippen molar-refractivity contribution in [3.05, 3.63) is 39.8 Å². The minimum absolute atomic E-state index is 0.0244. The molecule has 0 fully saturated rings. The molecule has 0 radical (unpaired) electrons. The third-order valence-electron chi connectivity index (χ3n) is 3.33. The van der Waals surface area contributed by atoms with Gasteiger partial charge in [-0.2, -0.15) is 5.10 Å². The molecule has 1 atom stereocenters. The summed E-state index contributed by atoms with van der Waals surface area (Å²) in [5.41, 5.74) is 2.05. The average Bonchev–Trinajstić information content (AvgIpc) is 3.06. The van der Waals surface area contributed by atoms with Gasteiger partial charge in [-0.1, -0.05) is 6.07 Å². The summed E-state index contributed by atoms with van der Waals surface area (Å²) in [6.07, 6.45) is 0.469. The molecule has 1 amide bonds. The van der Waals surface area contributed by atoms with Crippen molar-refractivity contribution >= 4 is 23.0 Å². The second-order valence-corrected chi connectivity index (χ2v) is 6.43. The number of aromatic nitrogens is 2. The Hall–Kier alpha value is -1.95. The van der Waals surface area contributed by atoms with Crippen LogP contribution in [-0.4, -0.2) is 27.5 Å². The van der Waals surface area contributed by atoms with Gasteiger partial charge in [-0.15, -0.1) is 11.3 Å². The first-order valence-electron chi connectivity index (χ1n) is 7.33. The van der Waals surface area contributed by atoms with Crippen LogP contribution in [-0.2, 0) is 11.3 Å². The lowest BCUT2D eigenvalue weighted by molar-refractivity contribution is -0.121. The highest BCUT2D eigenvalue weighted by Gasteiger charge is 2.13. The van der Waals surface area contributed by atoms with Gasteiger partial charge in [0, 0.05) is 24.6 Å². The normalized spacial score (nSPS) is 12.1. The number of thiophene rings is 1. The molecule has 0 spiro atoms. The monoisotopic (exact) mass is 319 g/mol. The molecule has 0 unspecified atom stereocenters. The van der Waals surface area contributed by atoms with E-state index in [9.17, 15) is 9.59 Å². The molecule has 0 saturated heterocycles. The molecule has 6 heteroatoms. The standard InChI is InChI=1S/C16H21N3O2S/c1-11-9-13(3)19(18-11)10-12(2)17-16(21)7-6-14(20)15-5-4-8-22-15/h4-5,8-9,12H,6-7,10H2,1-3H3,(H,17,21)/t12-/m1/s1. The van der Waals surface area contributed by atoms with Gasteiger partial charge in [0.15, 0.2) is 5.78 Å². The van der Waals surface area contributed by atoms with E-state index in [4.69, 9.17) is 0 Å². The lowest BCUT2D eigenvalue weighted by Gasteiger charge is -2.15. The van der Waals surface area contributed by atoms with Gasteiger partial charge in [-0.25, -0.2) is 0 Å². The van der Waals surface area contributed by atoms with E-state index in [1.54, 1.807) is 6.07 Å². The smallest absolute Gasteiger partial charge is 0.220 e. The predicted octanol–water partition coefficient (Wildman–Crippen LogP) is 2.73. The van der Waals surface area contributed by atoms with Crippen LogP contribution in [0.1, 0.15) is 40.8 Å². The molecule has 0 aliphatic rings. The Morgan fingerprint density at radius 3 is 2.73 bits per heavy atom. The molecule has 0 aliphatic carbocycles. The van der Waals surface area contributed by atoms with E-state index in [1.165, 1.54) is 11.3 Å². The number of hydrogen-bond donors (Lipinski definition) is 1. The van der Waals surface area contributed by atoms with Crippen LogP contribution < -0.4 is 5.32 Å². The SMILES string of the molecule is Cc1cc(C)n(C[C@@H](C)NC(=O)CCC(=O)c2cccs2)n1. The van der Waals surface area contributed by atoms with Gasteiger partial charge < -0.3 is 5.32 Å². The molecule has 0 saturated carbocycles. The molecule has 1 N–H and O–H groups in total. The fourth-order valence-corrected chi connectivity index (χ4v) is 2.99. The van der Waals surface area contributed by atoms with Crippen molar-refractivity contribution in [2.24, 2.45) is 0 Å². The maximum absolute atomic E-state index is 11.9. The minimum Gasteiger partial charge on any atom is -0.352 e. The van der Waals surface area contributed by atoms with Crippen LogP contribution in [0.3, 0.4) is 0 Å². The number of amides is 1. The fourth-order valence-electron chi connectivity index (χ4n) is 2.30. The zero-order chi connectivity index (χ0) is 16.1. The van der Waals surface area contributed by atoms with Gasteiger partial charge in [0.1, 0.15) is 0 Å². The van der Waals surface area contributed by atoms with Crippen LogP contribution in [0, 0.1) is 13.8 Å². The number of aryl methyl sites for hydroxylation is 2. The average molecular weight is 319 g/mol. The van der Waals surface area contributed by atoms with Crippen molar-refractivity contribution in [1.29, 1.82) is 0 Å². The van der Waals surface area contributed by atoms with Crippen molar-refractivity contribution in [2.45, 2.75) is 46.2 Å². The molecule has 2 aromatic rings. The quantitative estimate of drug-likeness (QED) is 0.798. The summed E-state index contributed by atoms with van der Waals surface area (Å²) < 4.78 is 1.89. The van der Waals surface area contributed by atoms with E-state index in [0.717, 1.165) is 11.4 Å². The molecule has 0 bridgehead atoms. The molecule has 2 heterocycles. The number of carbonyl (C=O) groups is 2. The minimum atomic E-state index is -0.0982. The highest BCUT2D eigenvalue weighted by atomic mass is 32.1. The van der Waals surface area contributed by atoms with E-state index < -0.39 is 0 Å². The first-order chi connectivity index (χ1) is 10.5. The van der Waals surface area contributed by atoms with Crippen molar-refractivity contribution in [3.8, 4) is 0 Å². The van der Waals surface area contributed by atoms with Crippen molar-refractivity contribution < 1.29 is 9.59 Å². The second-order valence-electron chi connectivity index (χ2n) is 5.48. The summed E-state index contributed by atoms with van der Waals surface area (Å²) in [6, 6.07) is 5.61. The molecule has 5 nitrogen and oxygen atoms in total. The van der Waals surface area contributed by atoms with E-state index in [0.29, 0.717) is 11.4 Å². The zero-order valence-corrected chi connectivity index (χ0v) is 13.9. The zero-order valence-electron chi connectivity index (χ0n) is 13.1. The molecule has 2 rings (SSSR count). The number of Topliss-reactive ketones (excluding diaryl/α,β-unsaturated/α-hetero) is 1. The van der Waals surface area contributed by atoms with Crippen molar-refractivity contribution in [1.82, 2.24) is 15.1 Å². The van der Waals surface area contributed by atoms with Crippen LogP contribution in [0.5, 0.6) is 0 Å². The number of hydrogen-bond acceptors (Lipinski definition) is 4. The lowest BCUT2D eigenvalue weighted by Crippen LogP contribution is -2.36. The van der Waals surface area contributed by atoms with E-state index >= 15 is 0 Å². The predicted molar refractivity (Wildman–Crippen MR) is 87.2 cm³/mol. The van der Waals surface area contributed by atoms with Crippen LogP contribution in [0.25, 0.3) is 0 Å². The first-order valence-corrected chi connectivity index (χ1v) is 8.21. The molecule has 22 heavy (non-hydrogen) atoms. The van der Waals surface area contributed by atoms with Crippen molar-refractivity contribution in [3.63, 3.8) is 0 Å². The van der Waals surface area contributed by atoms with Crippen molar-refractivity contribution in [2.75, 3.05) is 0 Å². The van der Waals surface area contributed by atoms with E-state index in [-0.39, 0.29) is 30.6 Å². The summed E-state index contributed by atoms with van der Waals surface area (Å²) in [4.78, 5) is 24.5. The molecule has 2 aromatic heterocycles. The van der Waals surface area contributed by atoms with Gasteiger partial charge in [-0.3, -0.25) is 14.3 Å². The Morgan fingerprint density at radius 2 is 2.14 bits per heavy atom. The summed E-state index contributed by atoms with van der Waals surface area (Å²) >= 11 is 1.41. The lowest BCUT2D eigenvalue weighted by atomic mass is 10.2. The van der Waals surface area contributed by atoms with Crippen LogP contribution in [0.15, 0.2) is 23.6 Å². The third kappa shape index (κ3) is 4.53. The molecular formula is C16H21N3O2S. The number of nitrogens with one attached hydrogen (secondary N) is 1. The molecular weight excluding hydrogens is 298 g/mol. The fraction of sp³-hybridized carbons (Fsp3) is 0.438. The van der Waals surface area contributed by atoms with Crippen LogP contribution in [0.4, 0.5) is 0 Å². The Morgan fingerprint density at radius 1 is 1.36 bits per heavy atom. The molecule has 0 aliphatic heterocycles. The Kier molecular flexibility index (Phi) is 5.49. The van der Waals surface area contributed by atoms with Gasteiger partial charge >= 0.3 is 0 Å². The Bertz CT molecular complexity index is 646. The highest BCUT2D eigenvalue weighted by Crippen LogP contribution is 2.12. The Labute approximate surface area is 134 Å². The van der Waals surface area contributed by atoms with Gasteiger partial charge in [0.05, 0.1) is 17.1 Å². The number of rotatable bonds is 7. The van der Waals surface area contributed by atoms with Crippen LogP contribution >= 0.6 is 11.3 Å². The second kappa shape index (κ2) is 7.35.